The summed E-state index contributed by atoms with van der Waals surface area (Å²) in [4.78, 5) is 27.2. The summed E-state index contributed by atoms with van der Waals surface area (Å²) in [7, 11) is 3.18. The lowest BCUT2D eigenvalue weighted by atomic mass is 10.1. The summed E-state index contributed by atoms with van der Waals surface area (Å²) < 4.78 is 10.6. The van der Waals surface area contributed by atoms with E-state index in [0.29, 0.717) is 37.4 Å². The largest absolute Gasteiger partial charge is 0.493 e. The van der Waals surface area contributed by atoms with E-state index in [4.69, 9.17) is 9.47 Å². The number of methoxy groups -OCH3 is 2. The number of carbonyl (C=O) groups is 2. The van der Waals surface area contributed by atoms with Crippen LogP contribution in [0.4, 0.5) is 0 Å². The number of rotatable bonds is 10. The third kappa shape index (κ3) is 6.24. The van der Waals surface area contributed by atoms with Crippen LogP contribution in [0.15, 0.2) is 42.5 Å². The number of nitrogens with zero attached hydrogens (tertiary/aromatic N) is 1. The van der Waals surface area contributed by atoms with E-state index < -0.39 is 6.04 Å². The molecule has 162 valence electrons. The quantitative estimate of drug-likeness (QED) is 0.649. The number of ether oxygens (including phenoxy) is 2. The zero-order valence-electron chi connectivity index (χ0n) is 18.5. The van der Waals surface area contributed by atoms with Crippen LogP contribution in [0.1, 0.15) is 37.0 Å². The molecule has 6 heteroatoms. The first kappa shape index (κ1) is 23.3. The van der Waals surface area contributed by atoms with Crippen molar-refractivity contribution in [1.29, 1.82) is 0 Å². The minimum atomic E-state index is -0.552. The van der Waals surface area contributed by atoms with Crippen LogP contribution in [0.3, 0.4) is 0 Å². The molecule has 0 aliphatic carbocycles. The first-order chi connectivity index (χ1) is 14.4. The Balaban J connectivity index is 2.16. The number of benzene rings is 2. The highest BCUT2D eigenvalue weighted by Crippen LogP contribution is 2.28. The van der Waals surface area contributed by atoms with Crippen molar-refractivity contribution < 1.29 is 19.1 Å². The second-order valence-corrected chi connectivity index (χ2v) is 7.27. The predicted octanol–water partition coefficient (Wildman–Crippen LogP) is 3.50. The van der Waals surface area contributed by atoms with Crippen molar-refractivity contribution in [3.8, 4) is 11.5 Å². The van der Waals surface area contributed by atoms with E-state index >= 15 is 0 Å². The Morgan fingerprint density at radius 3 is 2.40 bits per heavy atom. The molecule has 0 radical (unpaired) electrons. The van der Waals surface area contributed by atoms with E-state index in [1.807, 2.05) is 56.3 Å². The van der Waals surface area contributed by atoms with Gasteiger partial charge in [0.1, 0.15) is 6.04 Å². The Bertz CT molecular complexity index is 866. The minimum Gasteiger partial charge on any atom is -0.493 e. The van der Waals surface area contributed by atoms with E-state index in [0.717, 1.165) is 16.7 Å². The number of amides is 2. The zero-order valence-corrected chi connectivity index (χ0v) is 18.5. The summed E-state index contributed by atoms with van der Waals surface area (Å²) in [5.74, 6) is 1.07. The highest BCUT2D eigenvalue weighted by atomic mass is 16.5. The van der Waals surface area contributed by atoms with Gasteiger partial charge in [0.2, 0.25) is 11.8 Å². The monoisotopic (exact) mass is 412 g/mol. The Morgan fingerprint density at radius 2 is 1.77 bits per heavy atom. The minimum absolute atomic E-state index is 0.0648. The fraction of sp³-hybridized carbons (Fsp3) is 0.417. The summed E-state index contributed by atoms with van der Waals surface area (Å²) in [5, 5.41) is 2.82. The summed E-state index contributed by atoms with van der Waals surface area (Å²) in [6, 6.07) is 13.1. The molecule has 1 N–H and O–H groups in total. The molecule has 0 aliphatic rings. The molecule has 30 heavy (non-hydrogen) atoms. The van der Waals surface area contributed by atoms with Gasteiger partial charge in [0.15, 0.2) is 11.5 Å². The number of carbonyl (C=O) groups excluding carboxylic acids is 2. The van der Waals surface area contributed by atoms with Crippen molar-refractivity contribution in [2.45, 2.75) is 46.2 Å². The molecule has 2 rings (SSSR count). The first-order valence-electron chi connectivity index (χ1n) is 10.2. The topological polar surface area (TPSA) is 67.9 Å². The van der Waals surface area contributed by atoms with Crippen LogP contribution in [0.2, 0.25) is 0 Å². The van der Waals surface area contributed by atoms with Crippen molar-refractivity contribution in [1.82, 2.24) is 10.2 Å². The van der Waals surface area contributed by atoms with Crippen LogP contribution in [-0.2, 0) is 22.6 Å². The van der Waals surface area contributed by atoms with E-state index in [-0.39, 0.29) is 11.8 Å². The lowest BCUT2D eigenvalue weighted by Crippen LogP contribution is -2.47. The van der Waals surface area contributed by atoms with Crippen LogP contribution in [0.25, 0.3) is 0 Å². The predicted molar refractivity (Wildman–Crippen MR) is 118 cm³/mol. The number of hydrogen-bond donors (Lipinski definition) is 1. The maximum atomic E-state index is 13.1. The number of aryl methyl sites for hydroxylation is 2. The summed E-state index contributed by atoms with van der Waals surface area (Å²) in [5.41, 5.74) is 3.10. The van der Waals surface area contributed by atoms with Gasteiger partial charge in [0, 0.05) is 19.5 Å². The van der Waals surface area contributed by atoms with Crippen LogP contribution in [0, 0.1) is 6.92 Å². The summed E-state index contributed by atoms with van der Waals surface area (Å²) in [6.07, 6.45) is 0.844. The Labute approximate surface area is 179 Å². The van der Waals surface area contributed by atoms with Gasteiger partial charge >= 0.3 is 0 Å². The molecule has 2 amide bonds. The Morgan fingerprint density at radius 1 is 1.03 bits per heavy atom. The lowest BCUT2D eigenvalue weighted by molar-refractivity contribution is -0.140. The molecule has 1 atom stereocenters. The SMILES string of the molecule is CCNC(=O)C(C)N(Cc1cccc(C)c1)C(=O)CCc1ccc(OC)c(OC)c1. The van der Waals surface area contributed by atoms with Gasteiger partial charge in [-0.05, 0) is 50.5 Å². The lowest BCUT2D eigenvalue weighted by Gasteiger charge is -2.29. The molecular formula is C24H32N2O4. The van der Waals surface area contributed by atoms with E-state index in [2.05, 4.69) is 5.32 Å². The fourth-order valence-electron chi connectivity index (χ4n) is 3.34. The van der Waals surface area contributed by atoms with E-state index in [1.165, 1.54) is 0 Å². The zero-order chi connectivity index (χ0) is 22.1. The second kappa shape index (κ2) is 11.2. The third-order valence-electron chi connectivity index (χ3n) is 5.03. The number of hydrogen-bond acceptors (Lipinski definition) is 4. The van der Waals surface area contributed by atoms with Crippen molar-refractivity contribution >= 4 is 11.8 Å². The number of likely N-dealkylation sites (N-methyl/N-ethyl adjacent to an activating group) is 1. The summed E-state index contributed by atoms with van der Waals surface area (Å²) >= 11 is 0. The van der Waals surface area contributed by atoms with Crippen molar-refractivity contribution in [3.05, 3.63) is 59.2 Å². The van der Waals surface area contributed by atoms with Gasteiger partial charge in [-0.25, -0.2) is 0 Å². The molecule has 0 aliphatic heterocycles. The first-order valence-corrected chi connectivity index (χ1v) is 10.2. The van der Waals surface area contributed by atoms with Crippen molar-refractivity contribution in [2.75, 3.05) is 20.8 Å². The van der Waals surface area contributed by atoms with Gasteiger partial charge < -0.3 is 19.7 Å². The standard InChI is InChI=1S/C24H32N2O4/c1-6-25-24(28)18(3)26(16-20-9-7-8-17(2)14-20)23(27)13-11-19-10-12-21(29-4)22(15-19)30-5/h7-10,12,14-15,18H,6,11,13,16H2,1-5H3,(H,25,28). The fourth-order valence-corrected chi connectivity index (χ4v) is 3.34. The van der Waals surface area contributed by atoms with Crippen molar-refractivity contribution in [2.24, 2.45) is 0 Å². The maximum absolute atomic E-state index is 13.1. The highest BCUT2D eigenvalue weighted by Gasteiger charge is 2.25. The van der Waals surface area contributed by atoms with E-state index in [9.17, 15) is 9.59 Å². The van der Waals surface area contributed by atoms with Gasteiger partial charge in [-0.3, -0.25) is 9.59 Å². The third-order valence-corrected chi connectivity index (χ3v) is 5.03. The van der Waals surface area contributed by atoms with Gasteiger partial charge in [0.05, 0.1) is 14.2 Å². The molecule has 0 spiro atoms. The highest BCUT2D eigenvalue weighted by molar-refractivity contribution is 5.87. The average Bonchev–Trinajstić information content (AvgIpc) is 2.75. The van der Waals surface area contributed by atoms with Crippen LogP contribution in [-0.4, -0.2) is 43.5 Å². The molecule has 0 saturated carbocycles. The van der Waals surface area contributed by atoms with Crippen LogP contribution in [0.5, 0.6) is 11.5 Å². The molecule has 0 fully saturated rings. The smallest absolute Gasteiger partial charge is 0.242 e. The molecule has 2 aromatic rings. The molecule has 1 unspecified atom stereocenters. The normalized spacial score (nSPS) is 11.5. The molecule has 6 nitrogen and oxygen atoms in total. The average molecular weight is 413 g/mol. The molecule has 0 heterocycles. The van der Waals surface area contributed by atoms with Gasteiger partial charge in [-0.2, -0.15) is 0 Å². The Hall–Kier alpha value is -3.02. The molecule has 0 saturated heterocycles. The maximum Gasteiger partial charge on any atom is 0.242 e. The molecule has 0 bridgehead atoms. The second-order valence-electron chi connectivity index (χ2n) is 7.27. The van der Waals surface area contributed by atoms with Crippen LogP contribution < -0.4 is 14.8 Å². The van der Waals surface area contributed by atoms with Crippen molar-refractivity contribution in [3.63, 3.8) is 0 Å². The molecular weight excluding hydrogens is 380 g/mol. The van der Waals surface area contributed by atoms with Gasteiger partial charge in [-0.1, -0.05) is 35.9 Å². The molecule has 2 aromatic carbocycles. The molecule has 0 aromatic heterocycles. The van der Waals surface area contributed by atoms with Gasteiger partial charge in [0.25, 0.3) is 0 Å². The van der Waals surface area contributed by atoms with Crippen LogP contribution >= 0.6 is 0 Å². The number of nitrogens with one attached hydrogen (secondary N) is 1. The Kier molecular flexibility index (Phi) is 8.71. The summed E-state index contributed by atoms with van der Waals surface area (Å²) in [6.45, 7) is 6.58. The van der Waals surface area contributed by atoms with Gasteiger partial charge in [-0.15, -0.1) is 0 Å². The van der Waals surface area contributed by atoms with E-state index in [1.54, 1.807) is 26.0 Å².